The number of amides is 1. The molecule has 0 aliphatic carbocycles. The smallest absolute Gasteiger partial charge is 0.391 e. The van der Waals surface area contributed by atoms with Gasteiger partial charge in [-0.05, 0) is 70.6 Å². The lowest BCUT2D eigenvalue weighted by Crippen LogP contribution is -2.46. The van der Waals surface area contributed by atoms with Gasteiger partial charge in [-0.25, -0.2) is 4.57 Å². The topological polar surface area (TPSA) is 105 Å². The van der Waals surface area contributed by atoms with Crippen molar-refractivity contribution >= 4 is 13.7 Å². The molecule has 3 atom stereocenters. The number of phosphoric ester groups is 1. The minimum Gasteiger partial charge on any atom is -0.391 e. The second-order valence-electron chi connectivity index (χ2n) is 25.6. The number of carbonyl (C=O) groups excluding carboxylic acids is 1. The maximum absolute atomic E-state index is 13.1. The molecule has 3 unspecified atom stereocenters. The molecule has 0 radical (unpaired) electrons. The van der Waals surface area contributed by atoms with Crippen molar-refractivity contribution in [1.29, 1.82) is 0 Å². The number of rotatable bonds is 66. The number of hydrogen-bond acceptors (Lipinski definition) is 5. The zero-order chi connectivity index (χ0) is 61.2. The van der Waals surface area contributed by atoms with E-state index >= 15 is 0 Å². The third-order valence-corrected chi connectivity index (χ3v) is 17.1. The normalized spacial score (nSPS) is 14.1. The summed E-state index contributed by atoms with van der Waals surface area (Å²) in [5, 5.41) is 14.2. The van der Waals surface area contributed by atoms with E-state index in [4.69, 9.17) is 9.05 Å². The van der Waals surface area contributed by atoms with Crippen molar-refractivity contribution in [2.75, 3.05) is 40.9 Å². The molecule has 1 amide bonds. The maximum Gasteiger partial charge on any atom is 0.472 e. The van der Waals surface area contributed by atoms with Crippen LogP contribution < -0.4 is 5.32 Å². The molecule has 9 heteroatoms. The summed E-state index contributed by atoms with van der Waals surface area (Å²) in [6.07, 6.45) is 92.6. The summed E-state index contributed by atoms with van der Waals surface area (Å²) < 4.78 is 23.9. The number of nitrogens with zero attached hydrogens (tertiary/aromatic N) is 1. The van der Waals surface area contributed by atoms with Crippen molar-refractivity contribution in [3.8, 4) is 0 Å². The number of allylic oxidation sites excluding steroid dienone is 14. The molecule has 0 saturated carbocycles. The minimum absolute atomic E-state index is 0.0704. The summed E-state index contributed by atoms with van der Waals surface area (Å²) in [6.45, 7) is 4.81. The Balaban J connectivity index is 4.06. The monoisotopic (exact) mass is 1200 g/mol. The first kappa shape index (κ1) is 81.7. The fraction of sp³-hybridized carbons (Fsp3) is 0.800. The van der Waals surface area contributed by atoms with Gasteiger partial charge in [-0.3, -0.25) is 13.8 Å². The number of nitrogens with one attached hydrogen (secondary N) is 1. The quantitative estimate of drug-likeness (QED) is 0.0243. The molecule has 8 nitrogen and oxygen atoms in total. The zero-order valence-electron chi connectivity index (χ0n) is 56.1. The fourth-order valence-electron chi connectivity index (χ4n) is 10.6. The van der Waals surface area contributed by atoms with E-state index in [2.05, 4.69) is 104 Å². The number of aliphatic hydroxyl groups is 1. The molecule has 0 heterocycles. The fourth-order valence-corrected chi connectivity index (χ4v) is 11.4. The lowest BCUT2D eigenvalue weighted by Gasteiger charge is -2.26. The predicted molar refractivity (Wildman–Crippen MR) is 369 cm³/mol. The van der Waals surface area contributed by atoms with Crippen LogP contribution in [0.25, 0.3) is 0 Å². The van der Waals surface area contributed by atoms with Gasteiger partial charge in [-0.15, -0.1) is 0 Å². The molecular formula is C75H140N2O6P+. The molecule has 0 bridgehead atoms. The van der Waals surface area contributed by atoms with Crippen LogP contribution in [0.1, 0.15) is 335 Å². The third-order valence-electron chi connectivity index (χ3n) is 16.2. The molecule has 0 aromatic rings. The number of likely N-dealkylation sites (N-methyl/N-ethyl adjacent to an activating group) is 1. The summed E-state index contributed by atoms with van der Waals surface area (Å²) in [5.41, 5.74) is 0. The highest BCUT2D eigenvalue weighted by Gasteiger charge is 2.28. The van der Waals surface area contributed by atoms with Crippen molar-refractivity contribution in [2.24, 2.45) is 0 Å². The Morgan fingerprint density at radius 2 is 0.714 bits per heavy atom. The number of phosphoric acid groups is 1. The lowest BCUT2D eigenvalue weighted by molar-refractivity contribution is -0.870. The first-order chi connectivity index (χ1) is 41.0. The predicted octanol–water partition coefficient (Wildman–Crippen LogP) is 23.1. The average molecular weight is 1200 g/mol. The van der Waals surface area contributed by atoms with E-state index in [-0.39, 0.29) is 19.1 Å². The molecule has 0 aliphatic rings. The number of carbonyl (C=O) groups is 1. The van der Waals surface area contributed by atoms with Gasteiger partial charge < -0.3 is 19.8 Å². The van der Waals surface area contributed by atoms with Crippen LogP contribution >= 0.6 is 7.82 Å². The van der Waals surface area contributed by atoms with Gasteiger partial charge in [-0.2, -0.15) is 0 Å². The Bertz CT molecular complexity index is 1650. The standard InChI is InChI=1S/C75H139N2O6P/c1-6-8-10-12-14-16-18-20-22-24-26-28-30-32-34-36-38-40-42-44-46-48-50-52-54-56-58-60-62-64-66-68-74(78)73(72-83-84(80,81)82-71-70-77(3,4)5)76-75(79)69-67-65-63-61-59-57-55-53-51-49-47-45-43-41-39-37-35-33-31-29-27-25-23-21-19-17-15-13-11-9-7-2/h9,11,15,17,21,23,27,29,33,35,39,41,45,47,73-74,78H,6-8,10,12-14,16,18-20,22,24-26,28,30-32,34,36-38,40,42-44,46,48-72H2,1-5H3,(H-,76,79,80,81)/p+1/b11-9-,17-15-,23-21-,29-27-,35-33-,41-39-,47-45-. The van der Waals surface area contributed by atoms with Crippen molar-refractivity contribution < 1.29 is 32.9 Å². The molecule has 0 aromatic heterocycles. The largest absolute Gasteiger partial charge is 0.472 e. The van der Waals surface area contributed by atoms with Gasteiger partial charge in [0.05, 0.1) is 39.9 Å². The molecule has 0 aliphatic heterocycles. The molecule has 490 valence electrons. The zero-order valence-corrected chi connectivity index (χ0v) is 57.0. The van der Waals surface area contributed by atoms with Crippen LogP contribution in [0.4, 0.5) is 0 Å². The maximum atomic E-state index is 13.1. The molecule has 0 spiro atoms. The van der Waals surface area contributed by atoms with E-state index in [0.717, 1.165) is 89.9 Å². The van der Waals surface area contributed by atoms with Crippen LogP contribution in [-0.2, 0) is 18.4 Å². The lowest BCUT2D eigenvalue weighted by atomic mass is 10.0. The first-order valence-electron chi connectivity index (χ1n) is 36.0. The van der Waals surface area contributed by atoms with E-state index in [9.17, 15) is 19.4 Å². The molecular weight excluding hydrogens is 1060 g/mol. The van der Waals surface area contributed by atoms with Crippen molar-refractivity contribution in [3.05, 3.63) is 85.1 Å². The van der Waals surface area contributed by atoms with Gasteiger partial charge >= 0.3 is 7.82 Å². The average Bonchev–Trinajstić information content (AvgIpc) is 3.56. The highest BCUT2D eigenvalue weighted by atomic mass is 31.2. The third kappa shape index (κ3) is 67.2. The molecule has 0 aromatic carbocycles. The molecule has 84 heavy (non-hydrogen) atoms. The minimum atomic E-state index is -4.34. The van der Waals surface area contributed by atoms with Crippen molar-refractivity contribution in [3.63, 3.8) is 0 Å². The number of quaternary nitrogens is 1. The van der Waals surface area contributed by atoms with Crippen LogP contribution in [0, 0.1) is 0 Å². The second-order valence-corrected chi connectivity index (χ2v) is 27.0. The highest BCUT2D eigenvalue weighted by molar-refractivity contribution is 7.47. The van der Waals surface area contributed by atoms with Crippen LogP contribution in [0.5, 0.6) is 0 Å². The van der Waals surface area contributed by atoms with Gasteiger partial charge in [0.25, 0.3) is 0 Å². The SMILES string of the molecule is CC/C=C\C/C=C\C/C=C\C/C=C\C/C=C\C/C=C\C/C=C\CCCCCCCCCCCC(=O)NC(COP(=O)(O)OCC[N+](C)(C)C)C(O)CCCCCCCCCCCCCCCCCCCCCCCCCCCCCCCCC. The Morgan fingerprint density at radius 3 is 1.05 bits per heavy atom. The molecule has 0 fully saturated rings. The highest BCUT2D eigenvalue weighted by Crippen LogP contribution is 2.43. The number of aliphatic hydroxyl groups excluding tert-OH is 1. The number of hydrogen-bond donors (Lipinski definition) is 3. The Labute approximate surface area is 522 Å². The van der Waals surface area contributed by atoms with Crippen molar-refractivity contribution in [1.82, 2.24) is 5.32 Å². The summed E-state index contributed by atoms with van der Waals surface area (Å²) in [7, 11) is 1.61. The Kier molecular flexibility index (Phi) is 63.3. The van der Waals surface area contributed by atoms with Gasteiger partial charge in [0, 0.05) is 6.42 Å². The molecule has 0 rings (SSSR count). The Morgan fingerprint density at radius 1 is 0.417 bits per heavy atom. The van der Waals surface area contributed by atoms with Gasteiger partial charge in [-0.1, -0.05) is 343 Å². The van der Waals surface area contributed by atoms with Crippen LogP contribution in [0.3, 0.4) is 0 Å². The van der Waals surface area contributed by atoms with E-state index in [1.165, 1.54) is 218 Å². The van der Waals surface area contributed by atoms with Gasteiger partial charge in [0.1, 0.15) is 13.2 Å². The summed E-state index contributed by atoms with van der Waals surface area (Å²) in [6, 6.07) is -0.772. The van der Waals surface area contributed by atoms with E-state index in [1.54, 1.807) is 0 Å². The summed E-state index contributed by atoms with van der Waals surface area (Å²) in [4.78, 5) is 23.5. The van der Waals surface area contributed by atoms with E-state index in [1.807, 2.05) is 21.1 Å². The van der Waals surface area contributed by atoms with E-state index < -0.39 is 20.0 Å². The second kappa shape index (κ2) is 65.1. The van der Waals surface area contributed by atoms with Gasteiger partial charge in [0.2, 0.25) is 5.91 Å². The number of unbranched alkanes of at least 4 members (excludes halogenated alkanes) is 39. The van der Waals surface area contributed by atoms with Crippen LogP contribution in [0.15, 0.2) is 85.1 Å². The van der Waals surface area contributed by atoms with Crippen molar-refractivity contribution in [2.45, 2.75) is 347 Å². The molecule has 0 saturated heterocycles. The van der Waals surface area contributed by atoms with E-state index in [0.29, 0.717) is 23.9 Å². The van der Waals surface area contributed by atoms with Crippen LogP contribution in [0.2, 0.25) is 0 Å². The van der Waals surface area contributed by atoms with Gasteiger partial charge in [0.15, 0.2) is 0 Å². The first-order valence-corrected chi connectivity index (χ1v) is 37.4. The Hall–Kier alpha value is -2.32. The van der Waals surface area contributed by atoms with Crippen LogP contribution in [-0.4, -0.2) is 73.4 Å². The summed E-state index contributed by atoms with van der Waals surface area (Å²) in [5.74, 6) is -0.149. The molecule has 3 N–H and O–H groups in total. The summed E-state index contributed by atoms with van der Waals surface area (Å²) >= 11 is 0.